The third-order valence-electron chi connectivity index (χ3n) is 5.95. The third kappa shape index (κ3) is 2.63. The lowest BCUT2D eigenvalue weighted by Gasteiger charge is -2.36. The van der Waals surface area contributed by atoms with Gasteiger partial charge in [-0.2, -0.15) is 0 Å². The van der Waals surface area contributed by atoms with Crippen LogP contribution in [0.25, 0.3) is 0 Å². The van der Waals surface area contributed by atoms with Gasteiger partial charge in [0.2, 0.25) is 5.91 Å². The van der Waals surface area contributed by atoms with Crippen molar-refractivity contribution < 1.29 is 14.1 Å². The zero-order chi connectivity index (χ0) is 17.7. The van der Waals surface area contributed by atoms with Crippen LogP contribution >= 0.6 is 0 Å². The minimum absolute atomic E-state index is 0.0652. The van der Waals surface area contributed by atoms with Crippen LogP contribution in [0.1, 0.15) is 54.7 Å². The van der Waals surface area contributed by atoms with Gasteiger partial charge in [-0.25, -0.2) is 0 Å². The lowest BCUT2D eigenvalue weighted by atomic mass is 9.84. The van der Waals surface area contributed by atoms with Crippen molar-refractivity contribution in [2.45, 2.75) is 63.7 Å². The second kappa shape index (κ2) is 5.90. The molecule has 2 fully saturated rings. The van der Waals surface area contributed by atoms with Gasteiger partial charge in [-0.05, 0) is 26.2 Å². The fourth-order valence-electron chi connectivity index (χ4n) is 4.21. The summed E-state index contributed by atoms with van der Waals surface area (Å²) in [7, 11) is 0. The molecule has 1 amide bonds. The fourth-order valence-corrected chi connectivity index (χ4v) is 4.21. The van der Waals surface area contributed by atoms with E-state index in [2.05, 4.69) is 19.9 Å². The summed E-state index contributed by atoms with van der Waals surface area (Å²) in [5.74, 6) is 3.25. The van der Waals surface area contributed by atoms with Crippen LogP contribution in [0.4, 0.5) is 0 Å². The van der Waals surface area contributed by atoms with Crippen LogP contribution in [0, 0.1) is 6.92 Å². The molecule has 1 atom stereocenters. The molecule has 2 aliphatic heterocycles. The van der Waals surface area contributed by atoms with Gasteiger partial charge in [-0.3, -0.25) is 4.79 Å². The van der Waals surface area contributed by atoms with E-state index in [-0.39, 0.29) is 17.9 Å². The van der Waals surface area contributed by atoms with Crippen molar-refractivity contribution in [2.75, 3.05) is 13.1 Å². The Morgan fingerprint density at radius 2 is 2.23 bits per heavy atom. The van der Waals surface area contributed by atoms with Crippen LogP contribution in [0.3, 0.4) is 0 Å². The lowest BCUT2D eigenvalue weighted by molar-refractivity contribution is -0.133. The van der Waals surface area contributed by atoms with Gasteiger partial charge in [0.1, 0.15) is 23.8 Å². The molecule has 0 aromatic carbocycles. The molecule has 2 aromatic heterocycles. The topological polar surface area (TPSA) is 86.3 Å². The first-order valence-electron chi connectivity index (χ1n) is 9.38. The third-order valence-corrected chi connectivity index (χ3v) is 5.95. The quantitative estimate of drug-likeness (QED) is 0.829. The molecule has 0 radical (unpaired) electrons. The van der Waals surface area contributed by atoms with Gasteiger partial charge in [0, 0.05) is 18.5 Å². The first-order valence-corrected chi connectivity index (χ1v) is 9.38. The summed E-state index contributed by atoms with van der Waals surface area (Å²) in [6.45, 7) is 4.40. The maximum atomic E-state index is 12.6. The molecule has 8 heteroatoms. The highest BCUT2D eigenvalue weighted by atomic mass is 16.5. The van der Waals surface area contributed by atoms with E-state index in [1.54, 1.807) is 0 Å². The number of hydrogen-bond acceptors (Lipinski definition) is 6. The summed E-state index contributed by atoms with van der Waals surface area (Å²) in [5, 5.41) is 12.6. The minimum atomic E-state index is -0.319. The number of amides is 1. The molecule has 4 heterocycles. The standard InChI is InChI=1S/C18H23N5O3/c1-12-7-14(26-21-12)8-16(24)22-6-5-18(10-22)11-23-15(9-25-18)19-20-17(23)13-3-2-4-13/h7,13H,2-6,8-11H2,1H3. The first-order chi connectivity index (χ1) is 12.6. The predicted octanol–water partition coefficient (Wildman–Crippen LogP) is 1.59. The Labute approximate surface area is 151 Å². The maximum absolute atomic E-state index is 12.6. The van der Waals surface area contributed by atoms with Gasteiger partial charge < -0.3 is 18.7 Å². The Hall–Kier alpha value is -2.22. The number of rotatable bonds is 3. The zero-order valence-electron chi connectivity index (χ0n) is 15.0. The molecule has 1 saturated carbocycles. The molecule has 138 valence electrons. The number of fused-ring (bicyclic) bond motifs is 1. The fraction of sp³-hybridized carbons (Fsp3) is 0.667. The number of carbonyl (C=O) groups is 1. The summed E-state index contributed by atoms with van der Waals surface area (Å²) in [5.41, 5.74) is 0.478. The molecule has 5 rings (SSSR count). The molecule has 2 aromatic rings. The minimum Gasteiger partial charge on any atom is -0.363 e. The lowest BCUT2D eigenvalue weighted by Crippen LogP contribution is -2.45. The smallest absolute Gasteiger partial charge is 0.230 e. The van der Waals surface area contributed by atoms with E-state index in [4.69, 9.17) is 9.26 Å². The molecule has 3 aliphatic rings. The van der Waals surface area contributed by atoms with E-state index in [1.807, 2.05) is 17.9 Å². The molecule has 0 N–H and O–H groups in total. The van der Waals surface area contributed by atoms with Crippen LogP contribution in [0.15, 0.2) is 10.6 Å². The maximum Gasteiger partial charge on any atom is 0.230 e. The molecular formula is C18H23N5O3. The van der Waals surface area contributed by atoms with E-state index < -0.39 is 0 Å². The molecule has 1 unspecified atom stereocenters. The molecule has 1 spiro atoms. The van der Waals surface area contributed by atoms with Gasteiger partial charge in [0.25, 0.3) is 0 Å². The van der Waals surface area contributed by atoms with Crippen molar-refractivity contribution in [3.63, 3.8) is 0 Å². The number of likely N-dealkylation sites (tertiary alicyclic amines) is 1. The molecule has 1 saturated heterocycles. The molecule has 0 bridgehead atoms. The molecule has 8 nitrogen and oxygen atoms in total. The normalized spacial score (nSPS) is 25.5. The van der Waals surface area contributed by atoms with E-state index in [0.717, 1.165) is 30.3 Å². The average molecular weight is 357 g/mol. The average Bonchev–Trinajstić information content (AvgIpc) is 3.27. The molecule has 1 aliphatic carbocycles. The van der Waals surface area contributed by atoms with Gasteiger partial charge in [0.15, 0.2) is 5.82 Å². The van der Waals surface area contributed by atoms with Crippen molar-refractivity contribution in [1.82, 2.24) is 24.8 Å². The first kappa shape index (κ1) is 16.0. The van der Waals surface area contributed by atoms with Crippen molar-refractivity contribution in [1.29, 1.82) is 0 Å². The van der Waals surface area contributed by atoms with Crippen molar-refractivity contribution >= 4 is 5.91 Å². The Morgan fingerprint density at radius 1 is 1.35 bits per heavy atom. The highest BCUT2D eigenvalue weighted by Gasteiger charge is 2.45. The highest BCUT2D eigenvalue weighted by molar-refractivity contribution is 5.78. The van der Waals surface area contributed by atoms with Gasteiger partial charge in [-0.15, -0.1) is 10.2 Å². The number of nitrogens with zero attached hydrogens (tertiary/aromatic N) is 5. The molecular weight excluding hydrogens is 334 g/mol. The number of carbonyl (C=O) groups excluding carboxylic acids is 1. The van der Waals surface area contributed by atoms with Crippen molar-refractivity contribution in [3.05, 3.63) is 29.2 Å². The Balaban J connectivity index is 1.29. The summed E-state index contributed by atoms with van der Waals surface area (Å²) in [6.07, 6.45) is 4.77. The Bertz CT molecular complexity index is 840. The van der Waals surface area contributed by atoms with Crippen molar-refractivity contribution in [2.24, 2.45) is 0 Å². The van der Waals surface area contributed by atoms with E-state index in [1.165, 1.54) is 19.3 Å². The number of ether oxygens (including phenoxy) is 1. The highest BCUT2D eigenvalue weighted by Crippen LogP contribution is 2.39. The number of aryl methyl sites for hydroxylation is 1. The predicted molar refractivity (Wildman–Crippen MR) is 90.3 cm³/mol. The van der Waals surface area contributed by atoms with E-state index >= 15 is 0 Å². The van der Waals surface area contributed by atoms with Crippen molar-refractivity contribution in [3.8, 4) is 0 Å². The van der Waals surface area contributed by atoms with Gasteiger partial charge in [-0.1, -0.05) is 11.6 Å². The van der Waals surface area contributed by atoms with Gasteiger partial charge in [0.05, 0.1) is 25.2 Å². The Kier molecular flexibility index (Phi) is 3.63. The second-order valence-corrected chi connectivity index (χ2v) is 7.84. The largest absolute Gasteiger partial charge is 0.363 e. The molecule has 26 heavy (non-hydrogen) atoms. The van der Waals surface area contributed by atoms with Crippen LogP contribution in [-0.2, 0) is 29.1 Å². The number of aromatic nitrogens is 4. The number of hydrogen-bond donors (Lipinski definition) is 0. The van der Waals surface area contributed by atoms with Crippen LogP contribution < -0.4 is 0 Å². The van der Waals surface area contributed by atoms with E-state index in [0.29, 0.717) is 31.4 Å². The SMILES string of the molecule is Cc1cc(CC(=O)N2CCC3(C2)Cn2c(nnc2C2CCC2)CO3)on1. The van der Waals surface area contributed by atoms with Crippen LogP contribution in [0.5, 0.6) is 0 Å². The zero-order valence-corrected chi connectivity index (χ0v) is 15.0. The van der Waals surface area contributed by atoms with Crippen LogP contribution in [0.2, 0.25) is 0 Å². The summed E-state index contributed by atoms with van der Waals surface area (Å²) in [4.78, 5) is 14.5. The summed E-state index contributed by atoms with van der Waals surface area (Å²) >= 11 is 0. The van der Waals surface area contributed by atoms with E-state index in [9.17, 15) is 4.79 Å². The van der Waals surface area contributed by atoms with Crippen LogP contribution in [-0.4, -0.2) is 49.4 Å². The van der Waals surface area contributed by atoms with Gasteiger partial charge >= 0.3 is 0 Å². The summed E-state index contributed by atoms with van der Waals surface area (Å²) in [6, 6.07) is 1.81. The monoisotopic (exact) mass is 357 g/mol. The summed E-state index contributed by atoms with van der Waals surface area (Å²) < 4.78 is 13.6. The second-order valence-electron chi connectivity index (χ2n) is 7.84. The Morgan fingerprint density at radius 3 is 2.96 bits per heavy atom.